The molecule has 1 N–H and O–H groups in total. The molecule has 1 saturated carbocycles. The second-order valence-electron chi connectivity index (χ2n) is 9.25. The zero-order valence-corrected chi connectivity index (χ0v) is 19.0. The first-order valence-corrected chi connectivity index (χ1v) is 11.0. The van der Waals surface area contributed by atoms with Gasteiger partial charge in [0.15, 0.2) is 11.8 Å². The van der Waals surface area contributed by atoms with Crippen LogP contribution in [0.5, 0.6) is 0 Å². The van der Waals surface area contributed by atoms with Crippen LogP contribution in [0.4, 0.5) is 4.79 Å². The Balaban J connectivity index is 1.50. The van der Waals surface area contributed by atoms with Crippen molar-refractivity contribution >= 4 is 12.1 Å². The number of aromatic nitrogens is 2. The Morgan fingerprint density at radius 2 is 2.00 bits per heavy atom. The molecule has 168 valence electrons. The molecule has 1 saturated heterocycles. The van der Waals surface area contributed by atoms with E-state index < -0.39 is 5.60 Å². The van der Waals surface area contributed by atoms with Crippen molar-refractivity contribution in [2.75, 3.05) is 33.2 Å². The van der Waals surface area contributed by atoms with E-state index in [4.69, 9.17) is 9.26 Å². The standard InChI is InChI=1S/C21H36N6O3/c1-15-24-18(30-25-15)8-11-23-19(22-5)26-12-9-17(10-13-26)27(14-16-6-7-16)20(28)29-21(2,3)4/h16-17H,6-14H2,1-5H3,(H,22,23). The summed E-state index contributed by atoms with van der Waals surface area (Å²) in [5.74, 6) is 2.79. The molecule has 0 bridgehead atoms. The summed E-state index contributed by atoms with van der Waals surface area (Å²) in [6.45, 7) is 10.8. The minimum absolute atomic E-state index is 0.176. The fraction of sp³-hybridized carbons (Fsp3) is 0.810. The Morgan fingerprint density at radius 1 is 1.30 bits per heavy atom. The van der Waals surface area contributed by atoms with Crippen LogP contribution in [0.3, 0.4) is 0 Å². The zero-order chi connectivity index (χ0) is 21.7. The molecule has 1 aromatic heterocycles. The van der Waals surface area contributed by atoms with E-state index in [-0.39, 0.29) is 12.1 Å². The number of ether oxygens (including phenoxy) is 1. The number of amides is 1. The van der Waals surface area contributed by atoms with Crippen molar-refractivity contribution in [3.05, 3.63) is 11.7 Å². The van der Waals surface area contributed by atoms with Gasteiger partial charge in [0.05, 0.1) is 0 Å². The summed E-state index contributed by atoms with van der Waals surface area (Å²) >= 11 is 0. The molecule has 1 aromatic rings. The van der Waals surface area contributed by atoms with Gasteiger partial charge in [0.1, 0.15) is 5.60 Å². The van der Waals surface area contributed by atoms with E-state index in [1.807, 2.05) is 32.6 Å². The lowest BCUT2D eigenvalue weighted by molar-refractivity contribution is 0.00928. The number of nitrogens with one attached hydrogen (secondary N) is 1. The average Bonchev–Trinajstić information content (AvgIpc) is 3.42. The van der Waals surface area contributed by atoms with Gasteiger partial charge in [-0.3, -0.25) is 4.99 Å². The Kier molecular flexibility index (Phi) is 7.20. The number of piperidine rings is 1. The van der Waals surface area contributed by atoms with Crippen LogP contribution in [0.15, 0.2) is 9.52 Å². The smallest absolute Gasteiger partial charge is 0.410 e. The zero-order valence-electron chi connectivity index (χ0n) is 19.0. The van der Waals surface area contributed by atoms with Crippen LogP contribution in [-0.2, 0) is 11.2 Å². The van der Waals surface area contributed by atoms with Crippen LogP contribution >= 0.6 is 0 Å². The van der Waals surface area contributed by atoms with E-state index in [0.717, 1.165) is 38.4 Å². The highest BCUT2D eigenvalue weighted by atomic mass is 16.6. The number of carbonyl (C=O) groups is 1. The molecule has 0 radical (unpaired) electrons. The highest BCUT2D eigenvalue weighted by Crippen LogP contribution is 2.32. The van der Waals surface area contributed by atoms with Crippen molar-refractivity contribution in [3.63, 3.8) is 0 Å². The summed E-state index contributed by atoms with van der Waals surface area (Å²) in [6.07, 6.45) is 4.74. The van der Waals surface area contributed by atoms with Gasteiger partial charge in [-0.15, -0.1) is 0 Å². The molecule has 1 aliphatic carbocycles. The number of hydrogen-bond acceptors (Lipinski definition) is 6. The Labute approximate surface area is 179 Å². The van der Waals surface area contributed by atoms with Gasteiger partial charge in [0.2, 0.25) is 5.89 Å². The third-order valence-corrected chi connectivity index (χ3v) is 5.39. The molecule has 2 fully saturated rings. The summed E-state index contributed by atoms with van der Waals surface area (Å²) in [4.78, 5) is 25.7. The van der Waals surface area contributed by atoms with Crippen molar-refractivity contribution in [2.45, 2.75) is 71.4 Å². The number of carbonyl (C=O) groups excluding carboxylic acids is 1. The first-order valence-electron chi connectivity index (χ1n) is 11.0. The molecule has 1 aliphatic heterocycles. The molecule has 3 rings (SSSR count). The fourth-order valence-electron chi connectivity index (χ4n) is 3.72. The van der Waals surface area contributed by atoms with Gasteiger partial charge in [-0.05, 0) is 59.3 Å². The van der Waals surface area contributed by atoms with Gasteiger partial charge < -0.3 is 24.4 Å². The Morgan fingerprint density at radius 3 is 2.53 bits per heavy atom. The lowest BCUT2D eigenvalue weighted by atomic mass is 10.0. The highest BCUT2D eigenvalue weighted by molar-refractivity contribution is 5.80. The normalized spacial score (nSPS) is 18.4. The van der Waals surface area contributed by atoms with Crippen LogP contribution in [-0.4, -0.2) is 76.9 Å². The molecule has 30 heavy (non-hydrogen) atoms. The molecule has 9 heteroatoms. The Hall–Kier alpha value is -2.32. The van der Waals surface area contributed by atoms with Gasteiger partial charge >= 0.3 is 6.09 Å². The molecular formula is C21H36N6O3. The number of rotatable bonds is 6. The van der Waals surface area contributed by atoms with E-state index in [2.05, 4.69) is 25.3 Å². The number of likely N-dealkylation sites (tertiary alicyclic amines) is 1. The number of aryl methyl sites for hydroxylation is 1. The summed E-state index contributed by atoms with van der Waals surface area (Å²) in [5.41, 5.74) is -0.470. The molecule has 0 unspecified atom stereocenters. The molecule has 9 nitrogen and oxygen atoms in total. The van der Waals surface area contributed by atoms with Crippen molar-refractivity contribution in [2.24, 2.45) is 10.9 Å². The molecule has 2 heterocycles. The van der Waals surface area contributed by atoms with Crippen LogP contribution in [0.2, 0.25) is 0 Å². The van der Waals surface area contributed by atoms with Gasteiger partial charge in [-0.1, -0.05) is 5.16 Å². The van der Waals surface area contributed by atoms with Crippen LogP contribution in [0.1, 0.15) is 58.2 Å². The summed E-state index contributed by atoms with van der Waals surface area (Å²) in [5, 5.41) is 7.19. The summed E-state index contributed by atoms with van der Waals surface area (Å²) in [7, 11) is 1.80. The maximum Gasteiger partial charge on any atom is 0.410 e. The molecule has 1 amide bonds. The third-order valence-electron chi connectivity index (χ3n) is 5.39. The number of nitrogens with zero attached hydrogens (tertiary/aromatic N) is 5. The molecular weight excluding hydrogens is 384 g/mol. The molecule has 0 aromatic carbocycles. The van der Waals surface area contributed by atoms with Crippen molar-refractivity contribution < 1.29 is 14.1 Å². The van der Waals surface area contributed by atoms with Crippen LogP contribution in [0, 0.1) is 12.8 Å². The molecule has 2 aliphatic rings. The largest absolute Gasteiger partial charge is 0.444 e. The van der Waals surface area contributed by atoms with Crippen molar-refractivity contribution in [3.8, 4) is 0 Å². The van der Waals surface area contributed by atoms with E-state index in [9.17, 15) is 4.79 Å². The topological polar surface area (TPSA) is 96.1 Å². The third kappa shape index (κ3) is 6.60. The SMILES string of the molecule is CN=C(NCCc1nc(C)no1)N1CCC(N(CC2CC2)C(=O)OC(C)(C)C)CC1. The van der Waals surface area contributed by atoms with Gasteiger partial charge in [0.25, 0.3) is 0 Å². The second-order valence-corrected chi connectivity index (χ2v) is 9.25. The van der Waals surface area contributed by atoms with Gasteiger partial charge in [0, 0.05) is 45.7 Å². The maximum atomic E-state index is 12.8. The second kappa shape index (κ2) is 9.66. The summed E-state index contributed by atoms with van der Waals surface area (Å²) in [6, 6.07) is 0.219. The average molecular weight is 421 g/mol. The van der Waals surface area contributed by atoms with E-state index in [1.165, 1.54) is 12.8 Å². The number of aliphatic imine (C=N–C) groups is 1. The highest BCUT2D eigenvalue weighted by Gasteiger charge is 2.35. The molecule has 0 spiro atoms. The first kappa shape index (κ1) is 22.4. The number of hydrogen-bond donors (Lipinski definition) is 1. The van der Waals surface area contributed by atoms with Crippen molar-refractivity contribution in [1.29, 1.82) is 0 Å². The number of guanidine groups is 1. The fourth-order valence-corrected chi connectivity index (χ4v) is 3.72. The van der Waals surface area contributed by atoms with E-state index in [0.29, 0.717) is 30.6 Å². The predicted octanol–water partition coefficient (Wildman–Crippen LogP) is 2.61. The lowest BCUT2D eigenvalue weighted by Gasteiger charge is -2.40. The lowest BCUT2D eigenvalue weighted by Crippen LogP contribution is -2.52. The van der Waals surface area contributed by atoms with Crippen LogP contribution in [0.25, 0.3) is 0 Å². The van der Waals surface area contributed by atoms with E-state index >= 15 is 0 Å². The minimum atomic E-state index is -0.470. The van der Waals surface area contributed by atoms with E-state index in [1.54, 1.807) is 7.05 Å². The van der Waals surface area contributed by atoms with Gasteiger partial charge in [-0.2, -0.15) is 4.98 Å². The van der Waals surface area contributed by atoms with Gasteiger partial charge in [-0.25, -0.2) is 4.79 Å². The molecule has 0 atom stereocenters. The Bertz CT molecular complexity index is 729. The first-order chi connectivity index (χ1) is 14.2. The van der Waals surface area contributed by atoms with Crippen molar-refractivity contribution in [1.82, 2.24) is 25.3 Å². The quantitative estimate of drug-likeness (QED) is 0.558. The minimum Gasteiger partial charge on any atom is -0.444 e. The van der Waals surface area contributed by atoms with Crippen LogP contribution < -0.4 is 5.32 Å². The monoisotopic (exact) mass is 420 g/mol. The maximum absolute atomic E-state index is 12.8. The summed E-state index contributed by atoms with van der Waals surface area (Å²) < 4.78 is 10.8. The predicted molar refractivity (Wildman–Crippen MR) is 114 cm³/mol.